The van der Waals surface area contributed by atoms with E-state index in [9.17, 15) is 13.2 Å². The molecule has 1 N–H and O–H groups in total. The van der Waals surface area contributed by atoms with Crippen LogP contribution in [0.5, 0.6) is 0 Å². The van der Waals surface area contributed by atoms with Gasteiger partial charge in [-0.05, 0) is 29.5 Å². The van der Waals surface area contributed by atoms with Crippen molar-refractivity contribution in [2.24, 2.45) is 0 Å². The maximum Gasteiger partial charge on any atom is 0.221 e. The van der Waals surface area contributed by atoms with E-state index in [1.54, 1.807) is 11.3 Å². The molecule has 0 aliphatic heterocycles. The van der Waals surface area contributed by atoms with Crippen molar-refractivity contribution in [3.05, 3.63) is 57.8 Å². The van der Waals surface area contributed by atoms with E-state index in [0.717, 1.165) is 16.0 Å². The molecule has 0 unspecified atom stereocenters. The third-order valence-corrected chi connectivity index (χ3v) is 5.77. The molecule has 2 aromatic rings. The fraction of sp³-hybridized carbons (Fsp3) is 0.312. The van der Waals surface area contributed by atoms with Crippen LogP contribution in [0.4, 0.5) is 0 Å². The van der Waals surface area contributed by atoms with Gasteiger partial charge < -0.3 is 5.32 Å². The molecule has 1 amide bonds. The molecule has 2 rings (SSSR count). The van der Waals surface area contributed by atoms with E-state index in [0.29, 0.717) is 6.54 Å². The van der Waals surface area contributed by atoms with Crippen molar-refractivity contribution in [2.45, 2.75) is 25.6 Å². The van der Waals surface area contributed by atoms with E-state index in [2.05, 4.69) is 5.32 Å². The van der Waals surface area contributed by atoms with Gasteiger partial charge in [0, 0.05) is 11.3 Å². The Morgan fingerprint density at radius 1 is 1.18 bits per heavy atom. The molecule has 0 spiro atoms. The summed E-state index contributed by atoms with van der Waals surface area (Å²) >= 11 is 1.56. The normalized spacial score (nSPS) is 11.3. The molecule has 1 aromatic carbocycles. The Morgan fingerprint density at radius 2 is 1.95 bits per heavy atom. The standard InChI is InChI=1S/C16H19NO3S2/c1-13-5-2-3-6-14(13)12-22(19,20)10-8-16(18)17-11-15-7-4-9-21-15/h2-7,9H,8,10-12H2,1H3,(H,17,18). The van der Waals surface area contributed by atoms with Crippen LogP contribution in [-0.2, 0) is 26.9 Å². The smallest absolute Gasteiger partial charge is 0.221 e. The third kappa shape index (κ3) is 5.27. The molecule has 0 atom stereocenters. The summed E-state index contributed by atoms with van der Waals surface area (Å²) in [7, 11) is -3.28. The van der Waals surface area contributed by atoms with Crippen LogP contribution in [0.2, 0.25) is 0 Å². The summed E-state index contributed by atoms with van der Waals surface area (Å²) in [4.78, 5) is 12.8. The van der Waals surface area contributed by atoms with Crippen molar-refractivity contribution in [2.75, 3.05) is 5.75 Å². The SMILES string of the molecule is Cc1ccccc1CS(=O)(=O)CCC(=O)NCc1cccs1. The molecule has 0 radical (unpaired) electrons. The summed E-state index contributed by atoms with van der Waals surface area (Å²) < 4.78 is 24.2. The van der Waals surface area contributed by atoms with Crippen LogP contribution < -0.4 is 5.32 Å². The van der Waals surface area contributed by atoms with Gasteiger partial charge in [-0.1, -0.05) is 30.3 Å². The quantitative estimate of drug-likeness (QED) is 0.845. The maximum absolute atomic E-state index is 12.1. The highest BCUT2D eigenvalue weighted by Crippen LogP contribution is 2.12. The monoisotopic (exact) mass is 337 g/mol. The van der Waals surface area contributed by atoms with E-state index < -0.39 is 9.84 Å². The minimum atomic E-state index is -3.28. The largest absolute Gasteiger partial charge is 0.351 e. The molecule has 0 saturated heterocycles. The van der Waals surface area contributed by atoms with Crippen LogP contribution in [0.3, 0.4) is 0 Å². The fourth-order valence-corrected chi connectivity index (χ4v) is 4.10. The van der Waals surface area contributed by atoms with Gasteiger partial charge in [-0.15, -0.1) is 11.3 Å². The number of carbonyl (C=O) groups is 1. The summed E-state index contributed by atoms with van der Waals surface area (Å²) in [6.45, 7) is 2.34. The molecule has 1 aromatic heterocycles. The molecule has 0 aliphatic rings. The van der Waals surface area contributed by atoms with Gasteiger partial charge in [0.2, 0.25) is 5.91 Å². The average molecular weight is 337 g/mol. The lowest BCUT2D eigenvalue weighted by molar-refractivity contribution is -0.120. The average Bonchev–Trinajstić information content (AvgIpc) is 2.99. The van der Waals surface area contributed by atoms with Crippen LogP contribution in [0.15, 0.2) is 41.8 Å². The van der Waals surface area contributed by atoms with Crippen molar-refractivity contribution in [3.63, 3.8) is 0 Å². The van der Waals surface area contributed by atoms with Crippen LogP contribution in [0.25, 0.3) is 0 Å². The first-order valence-electron chi connectivity index (χ1n) is 7.00. The second-order valence-corrected chi connectivity index (χ2v) is 8.34. The molecule has 0 saturated carbocycles. The lowest BCUT2D eigenvalue weighted by Crippen LogP contribution is -2.25. The summed E-state index contributed by atoms with van der Waals surface area (Å²) in [6.07, 6.45) is -0.000407. The zero-order valence-electron chi connectivity index (χ0n) is 12.4. The van der Waals surface area contributed by atoms with Gasteiger partial charge in [0.05, 0.1) is 18.1 Å². The third-order valence-electron chi connectivity index (χ3n) is 3.32. The molecular weight excluding hydrogens is 318 g/mol. The van der Waals surface area contributed by atoms with Crippen LogP contribution in [0, 0.1) is 6.92 Å². The topological polar surface area (TPSA) is 63.2 Å². The number of amides is 1. The summed E-state index contributed by atoms with van der Waals surface area (Å²) in [6, 6.07) is 11.2. The van der Waals surface area contributed by atoms with Gasteiger partial charge >= 0.3 is 0 Å². The first kappa shape index (κ1) is 16.7. The Hall–Kier alpha value is -1.66. The highest BCUT2D eigenvalue weighted by atomic mass is 32.2. The summed E-state index contributed by atoms with van der Waals surface area (Å²) in [5, 5.41) is 4.68. The van der Waals surface area contributed by atoms with E-state index in [1.807, 2.05) is 48.7 Å². The molecule has 118 valence electrons. The van der Waals surface area contributed by atoms with Gasteiger partial charge in [0.15, 0.2) is 9.84 Å². The second kappa shape index (κ2) is 7.56. The molecular formula is C16H19NO3S2. The highest BCUT2D eigenvalue weighted by Gasteiger charge is 2.15. The van der Waals surface area contributed by atoms with Crippen molar-refractivity contribution >= 4 is 27.1 Å². The Balaban J connectivity index is 1.82. The first-order chi connectivity index (χ1) is 10.5. The van der Waals surface area contributed by atoms with Gasteiger partial charge in [-0.3, -0.25) is 4.79 Å². The van der Waals surface area contributed by atoms with Crippen LogP contribution in [0.1, 0.15) is 22.4 Å². The van der Waals surface area contributed by atoms with E-state index in [1.165, 1.54) is 0 Å². The van der Waals surface area contributed by atoms with Crippen molar-refractivity contribution in [1.29, 1.82) is 0 Å². The fourth-order valence-electron chi connectivity index (χ4n) is 2.02. The van der Waals surface area contributed by atoms with Crippen LogP contribution in [-0.4, -0.2) is 20.1 Å². The number of carbonyl (C=O) groups excluding carboxylic acids is 1. The minimum absolute atomic E-state index is 0.000407. The molecule has 1 heterocycles. The molecule has 0 bridgehead atoms. The van der Waals surface area contributed by atoms with Gasteiger partial charge in [0.1, 0.15) is 0 Å². The maximum atomic E-state index is 12.1. The second-order valence-electron chi connectivity index (χ2n) is 5.12. The number of aryl methyl sites for hydroxylation is 1. The number of sulfone groups is 1. The predicted octanol–water partition coefficient (Wildman–Crippen LogP) is 2.68. The Morgan fingerprint density at radius 3 is 2.64 bits per heavy atom. The first-order valence-corrected chi connectivity index (χ1v) is 9.70. The molecule has 0 fully saturated rings. The van der Waals surface area contributed by atoms with Crippen molar-refractivity contribution in [3.8, 4) is 0 Å². The zero-order valence-corrected chi connectivity index (χ0v) is 14.0. The number of rotatable bonds is 7. The van der Waals surface area contributed by atoms with Crippen molar-refractivity contribution in [1.82, 2.24) is 5.32 Å². The number of hydrogen-bond donors (Lipinski definition) is 1. The lowest BCUT2D eigenvalue weighted by atomic mass is 10.1. The lowest BCUT2D eigenvalue weighted by Gasteiger charge is -2.07. The Labute approximate surface area is 135 Å². The number of nitrogens with one attached hydrogen (secondary N) is 1. The Kier molecular flexibility index (Phi) is 5.74. The predicted molar refractivity (Wildman–Crippen MR) is 89.5 cm³/mol. The zero-order chi connectivity index (χ0) is 16.0. The van der Waals surface area contributed by atoms with E-state index in [4.69, 9.17) is 0 Å². The minimum Gasteiger partial charge on any atom is -0.351 e. The van der Waals surface area contributed by atoms with E-state index in [-0.39, 0.29) is 23.8 Å². The number of hydrogen-bond acceptors (Lipinski definition) is 4. The summed E-state index contributed by atoms with van der Waals surface area (Å²) in [5.74, 6) is -0.378. The highest BCUT2D eigenvalue weighted by molar-refractivity contribution is 7.90. The summed E-state index contributed by atoms with van der Waals surface area (Å²) in [5.41, 5.74) is 1.75. The van der Waals surface area contributed by atoms with Crippen molar-refractivity contribution < 1.29 is 13.2 Å². The number of benzene rings is 1. The molecule has 22 heavy (non-hydrogen) atoms. The van der Waals surface area contributed by atoms with Crippen LogP contribution >= 0.6 is 11.3 Å². The van der Waals surface area contributed by atoms with Gasteiger partial charge in [-0.2, -0.15) is 0 Å². The molecule has 0 aliphatic carbocycles. The van der Waals surface area contributed by atoms with E-state index >= 15 is 0 Å². The molecule has 4 nitrogen and oxygen atoms in total. The molecule has 6 heteroatoms. The number of thiophene rings is 1. The van der Waals surface area contributed by atoms with Gasteiger partial charge in [0.25, 0.3) is 0 Å². The Bertz CT molecular complexity index is 722. The van der Waals surface area contributed by atoms with Gasteiger partial charge in [-0.25, -0.2) is 8.42 Å².